The number of carbonyl (C=O) groups excluding carboxylic acids is 1. The van der Waals surface area contributed by atoms with Crippen molar-refractivity contribution in [1.29, 1.82) is 0 Å². The number of aryl methyl sites for hydroxylation is 1. The molecule has 1 amide bonds. The zero-order valence-corrected chi connectivity index (χ0v) is 11.5. The summed E-state index contributed by atoms with van der Waals surface area (Å²) in [5.41, 5.74) is 1.81. The fourth-order valence-electron chi connectivity index (χ4n) is 2.06. The van der Waals surface area contributed by atoms with Crippen LogP contribution in [-0.2, 0) is 0 Å². The van der Waals surface area contributed by atoms with Crippen LogP contribution in [0.25, 0.3) is 0 Å². The molecule has 0 aliphatic carbocycles. The number of hydrogen-bond acceptors (Lipinski definition) is 2. The fourth-order valence-corrected chi connectivity index (χ4v) is 2.48. The molecule has 0 spiro atoms. The van der Waals surface area contributed by atoms with E-state index in [0.717, 1.165) is 23.0 Å². The average molecular weight is 297 g/mol. The normalized spacial score (nSPS) is 19.3. The van der Waals surface area contributed by atoms with Crippen LogP contribution in [0.1, 0.15) is 28.8 Å². The summed E-state index contributed by atoms with van der Waals surface area (Å²) in [5, 5.41) is 6.34. The molecule has 1 unspecified atom stereocenters. The molecular weight excluding hydrogens is 280 g/mol. The molecule has 0 aromatic heterocycles. The van der Waals surface area contributed by atoms with Crippen LogP contribution < -0.4 is 10.6 Å². The molecule has 0 radical (unpaired) electrons. The summed E-state index contributed by atoms with van der Waals surface area (Å²) < 4.78 is 0.847. The third-order valence-electron chi connectivity index (χ3n) is 3.04. The lowest BCUT2D eigenvalue weighted by Gasteiger charge is -2.12. The molecular formula is C13H17BrN2O. The Bertz CT molecular complexity index is 414. The van der Waals surface area contributed by atoms with Crippen molar-refractivity contribution in [3.63, 3.8) is 0 Å². The summed E-state index contributed by atoms with van der Waals surface area (Å²) in [5.74, 6) is -0.00530. The Hall–Kier alpha value is -0.870. The van der Waals surface area contributed by atoms with E-state index in [1.165, 1.54) is 6.42 Å². The average Bonchev–Trinajstić information content (AvgIpc) is 2.82. The predicted octanol–water partition coefficient (Wildman–Crippen LogP) is 2.24. The summed E-state index contributed by atoms with van der Waals surface area (Å²) in [6, 6.07) is 6.24. The largest absolute Gasteiger partial charge is 0.350 e. The van der Waals surface area contributed by atoms with Crippen LogP contribution in [0.15, 0.2) is 22.7 Å². The van der Waals surface area contributed by atoms with E-state index in [2.05, 4.69) is 26.6 Å². The summed E-state index contributed by atoms with van der Waals surface area (Å²) in [4.78, 5) is 12.0. The van der Waals surface area contributed by atoms with Gasteiger partial charge in [-0.1, -0.05) is 11.6 Å². The zero-order valence-electron chi connectivity index (χ0n) is 9.92. The van der Waals surface area contributed by atoms with Gasteiger partial charge in [0.1, 0.15) is 0 Å². The van der Waals surface area contributed by atoms with Gasteiger partial charge in [0.15, 0.2) is 0 Å². The van der Waals surface area contributed by atoms with Crippen LogP contribution >= 0.6 is 15.9 Å². The zero-order chi connectivity index (χ0) is 12.3. The molecule has 1 heterocycles. The maximum Gasteiger partial charge on any atom is 0.252 e. The van der Waals surface area contributed by atoms with E-state index in [0.29, 0.717) is 18.2 Å². The third-order valence-corrected chi connectivity index (χ3v) is 3.73. The van der Waals surface area contributed by atoms with Crippen molar-refractivity contribution in [2.24, 2.45) is 0 Å². The number of hydrogen-bond donors (Lipinski definition) is 2. The lowest BCUT2D eigenvalue weighted by atomic mass is 10.1. The highest BCUT2D eigenvalue weighted by atomic mass is 79.9. The Balaban J connectivity index is 1.96. The van der Waals surface area contributed by atoms with Gasteiger partial charge in [-0.25, -0.2) is 0 Å². The highest BCUT2D eigenvalue weighted by molar-refractivity contribution is 9.10. The Labute approximate surface area is 110 Å². The summed E-state index contributed by atoms with van der Waals surface area (Å²) >= 11 is 3.41. The maximum atomic E-state index is 12.0. The smallest absolute Gasteiger partial charge is 0.252 e. The topological polar surface area (TPSA) is 41.1 Å². The minimum atomic E-state index is -0.00530. The molecule has 17 heavy (non-hydrogen) atoms. The summed E-state index contributed by atoms with van der Waals surface area (Å²) in [7, 11) is 0. The molecule has 3 nitrogen and oxygen atoms in total. The SMILES string of the molecule is Cc1ccc(Br)c(C(=O)NCC2CCCN2)c1. The first-order valence-electron chi connectivity index (χ1n) is 5.94. The molecule has 4 heteroatoms. The van der Waals surface area contributed by atoms with Gasteiger partial charge in [-0.05, 0) is 54.4 Å². The monoisotopic (exact) mass is 296 g/mol. The summed E-state index contributed by atoms with van der Waals surface area (Å²) in [6.07, 6.45) is 2.35. The second kappa shape index (κ2) is 5.65. The Morgan fingerprint density at radius 1 is 1.59 bits per heavy atom. The Kier molecular flexibility index (Phi) is 4.18. The van der Waals surface area contributed by atoms with Gasteiger partial charge in [0, 0.05) is 17.1 Å². The van der Waals surface area contributed by atoms with Crippen molar-refractivity contribution < 1.29 is 4.79 Å². The lowest BCUT2D eigenvalue weighted by Crippen LogP contribution is -2.37. The quantitative estimate of drug-likeness (QED) is 0.898. The van der Waals surface area contributed by atoms with Crippen molar-refractivity contribution in [1.82, 2.24) is 10.6 Å². The second-order valence-corrected chi connectivity index (χ2v) is 5.34. The van der Waals surface area contributed by atoms with Crippen molar-refractivity contribution >= 4 is 21.8 Å². The van der Waals surface area contributed by atoms with Gasteiger partial charge in [-0.15, -0.1) is 0 Å². The molecule has 92 valence electrons. The highest BCUT2D eigenvalue weighted by Gasteiger charge is 2.16. The second-order valence-electron chi connectivity index (χ2n) is 4.49. The van der Waals surface area contributed by atoms with Crippen LogP contribution in [0.5, 0.6) is 0 Å². The van der Waals surface area contributed by atoms with E-state index in [-0.39, 0.29) is 5.91 Å². The molecule has 0 saturated carbocycles. The van der Waals surface area contributed by atoms with Crippen LogP contribution in [-0.4, -0.2) is 25.0 Å². The lowest BCUT2D eigenvalue weighted by molar-refractivity contribution is 0.0949. The van der Waals surface area contributed by atoms with Crippen LogP contribution in [0.2, 0.25) is 0 Å². The highest BCUT2D eigenvalue weighted by Crippen LogP contribution is 2.18. The first-order chi connectivity index (χ1) is 8.16. The molecule has 1 saturated heterocycles. The summed E-state index contributed by atoms with van der Waals surface area (Å²) in [6.45, 7) is 3.76. The van der Waals surface area contributed by atoms with Gasteiger partial charge in [0.2, 0.25) is 0 Å². The molecule has 2 N–H and O–H groups in total. The van der Waals surface area contributed by atoms with Crippen molar-refractivity contribution in [2.75, 3.05) is 13.1 Å². The first-order valence-corrected chi connectivity index (χ1v) is 6.74. The Morgan fingerprint density at radius 2 is 2.41 bits per heavy atom. The van der Waals surface area contributed by atoms with Gasteiger partial charge in [0.05, 0.1) is 5.56 Å². The molecule has 1 aliphatic heterocycles. The van der Waals surface area contributed by atoms with E-state index >= 15 is 0 Å². The molecule has 2 rings (SSSR count). The minimum Gasteiger partial charge on any atom is -0.350 e. The maximum absolute atomic E-state index is 12.0. The van der Waals surface area contributed by atoms with Gasteiger partial charge in [0.25, 0.3) is 5.91 Å². The molecule has 1 aromatic rings. The van der Waals surface area contributed by atoms with Gasteiger partial charge in [-0.2, -0.15) is 0 Å². The van der Waals surface area contributed by atoms with E-state index in [4.69, 9.17) is 0 Å². The minimum absolute atomic E-state index is 0.00530. The van der Waals surface area contributed by atoms with Crippen LogP contribution in [0.3, 0.4) is 0 Å². The molecule has 1 atom stereocenters. The van der Waals surface area contributed by atoms with Gasteiger partial charge < -0.3 is 10.6 Å². The van der Waals surface area contributed by atoms with Crippen LogP contribution in [0, 0.1) is 6.92 Å². The van der Waals surface area contributed by atoms with Gasteiger partial charge >= 0.3 is 0 Å². The van der Waals surface area contributed by atoms with Crippen LogP contribution in [0.4, 0.5) is 0 Å². The number of carbonyl (C=O) groups is 1. The van der Waals surface area contributed by atoms with Crippen molar-refractivity contribution in [2.45, 2.75) is 25.8 Å². The number of benzene rings is 1. The van der Waals surface area contributed by atoms with Crippen molar-refractivity contribution in [3.05, 3.63) is 33.8 Å². The number of nitrogens with one attached hydrogen (secondary N) is 2. The van der Waals surface area contributed by atoms with E-state index in [1.54, 1.807) is 0 Å². The molecule has 1 aliphatic rings. The first kappa shape index (κ1) is 12.6. The third kappa shape index (κ3) is 3.30. The number of amides is 1. The number of rotatable bonds is 3. The van der Waals surface area contributed by atoms with Crippen molar-refractivity contribution in [3.8, 4) is 0 Å². The van der Waals surface area contributed by atoms with E-state index in [9.17, 15) is 4.79 Å². The molecule has 1 fully saturated rings. The van der Waals surface area contributed by atoms with E-state index < -0.39 is 0 Å². The predicted molar refractivity (Wildman–Crippen MR) is 72.2 cm³/mol. The number of halogens is 1. The standard InChI is InChI=1S/C13H17BrN2O/c1-9-4-5-12(14)11(7-9)13(17)16-8-10-3-2-6-15-10/h4-5,7,10,15H,2-3,6,8H2,1H3,(H,16,17). The fraction of sp³-hybridized carbons (Fsp3) is 0.462. The molecule has 1 aromatic carbocycles. The molecule has 0 bridgehead atoms. The van der Waals surface area contributed by atoms with E-state index in [1.807, 2.05) is 25.1 Å². The van der Waals surface area contributed by atoms with Gasteiger partial charge in [-0.3, -0.25) is 4.79 Å². The Morgan fingerprint density at radius 3 is 3.12 bits per heavy atom.